The zero-order valence-corrected chi connectivity index (χ0v) is 11.0. The Bertz CT molecular complexity index is 613. The molecule has 1 aromatic heterocycles. The van der Waals surface area contributed by atoms with Crippen molar-refractivity contribution in [2.45, 2.75) is 19.4 Å². The van der Waals surface area contributed by atoms with Crippen LogP contribution < -0.4 is 0 Å². The largest absolute Gasteiger partial charge is 0.480 e. The van der Waals surface area contributed by atoms with E-state index in [4.69, 9.17) is 5.11 Å². The zero-order chi connectivity index (χ0) is 14.5. The van der Waals surface area contributed by atoms with Crippen LogP contribution in [0.2, 0.25) is 0 Å². The molecule has 1 aliphatic carbocycles. The van der Waals surface area contributed by atoms with Gasteiger partial charge in [0.05, 0.1) is 5.69 Å². The summed E-state index contributed by atoms with van der Waals surface area (Å²) in [6, 6.07) is 2.88. The van der Waals surface area contributed by atoms with Crippen molar-refractivity contribution in [1.29, 1.82) is 0 Å². The number of pyridine rings is 1. The van der Waals surface area contributed by atoms with Crippen LogP contribution in [0.25, 0.3) is 0 Å². The predicted molar refractivity (Wildman–Crippen MR) is 74.9 cm³/mol. The smallest absolute Gasteiger partial charge is 0.328 e. The van der Waals surface area contributed by atoms with E-state index in [1.807, 2.05) is 6.07 Å². The van der Waals surface area contributed by atoms with Gasteiger partial charge in [-0.15, -0.1) is 0 Å². The first-order valence-corrected chi connectivity index (χ1v) is 6.18. The van der Waals surface area contributed by atoms with Crippen molar-refractivity contribution in [3.8, 4) is 0 Å². The number of carboxylic acids is 1. The summed E-state index contributed by atoms with van der Waals surface area (Å²) in [6.45, 7) is 1.50. The fraction of sp³-hybridized carbons (Fsp3) is 0.200. The maximum atomic E-state index is 11.1. The van der Waals surface area contributed by atoms with Gasteiger partial charge in [0.2, 0.25) is 0 Å². The number of hydrogen-bond acceptors (Lipinski definition) is 4. The minimum atomic E-state index is -0.970. The first kappa shape index (κ1) is 13.9. The summed E-state index contributed by atoms with van der Waals surface area (Å²) in [5, 5.41) is 8.71. The molecule has 0 saturated heterocycles. The summed E-state index contributed by atoms with van der Waals surface area (Å²) in [5.41, 5.74) is 2.55. The van der Waals surface area contributed by atoms with Gasteiger partial charge in [-0.2, -0.15) is 0 Å². The average Bonchev–Trinajstić information content (AvgIpc) is 2.83. The van der Waals surface area contributed by atoms with E-state index in [0.29, 0.717) is 12.1 Å². The van der Waals surface area contributed by atoms with E-state index in [0.717, 1.165) is 11.1 Å². The molecule has 2 rings (SSSR count). The maximum absolute atomic E-state index is 11.1. The number of aliphatic carboxylic acids is 1. The van der Waals surface area contributed by atoms with E-state index in [1.165, 1.54) is 19.2 Å². The Morgan fingerprint density at radius 2 is 2.25 bits per heavy atom. The molecule has 0 spiro atoms. The third-order valence-corrected chi connectivity index (χ3v) is 2.83. The van der Waals surface area contributed by atoms with Gasteiger partial charge >= 0.3 is 5.97 Å². The molecule has 102 valence electrons. The van der Waals surface area contributed by atoms with E-state index in [9.17, 15) is 9.59 Å². The lowest BCUT2D eigenvalue weighted by Gasteiger charge is -2.01. The van der Waals surface area contributed by atoms with Crippen LogP contribution in [-0.4, -0.2) is 34.1 Å². The van der Waals surface area contributed by atoms with Gasteiger partial charge in [0, 0.05) is 12.4 Å². The van der Waals surface area contributed by atoms with E-state index >= 15 is 0 Å². The second-order valence-electron chi connectivity index (χ2n) is 4.52. The third-order valence-electron chi connectivity index (χ3n) is 2.83. The second kappa shape index (κ2) is 6.06. The fourth-order valence-corrected chi connectivity index (χ4v) is 1.68. The second-order valence-corrected chi connectivity index (χ2v) is 4.52. The normalized spacial score (nSPS) is 15.7. The van der Waals surface area contributed by atoms with E-state index in [2.05, 4.69) is 9.98 Å². The Hall–Kier alpha value is -2.56. The van der Waals surface area contributed by atoms with Crippen molar-refractivity contribution >= 4 is 18.0 Å². The Morgan fingerprint density at radius 1 is 1.45 bits per heavy atom. The minimum Gasteiger partial charge on any atom is -0.480 e. The molecule has 1 heterocycles. The van der Waals surface area contributed by atoms with Crippen molar-refractivity contribution < 1.29 is 14.7 Å². The number of ketones is 1. The standard InChI is InChI=1S/C15H14N2O3/c1-10(15(19)20)16-9-13-4-2-12(8-17-13)6-11-3-5-14(18)7-11/h2-5,7-10H,6H2,1H3,(H,19,20). The van der Waals surface area contributed by atoms with Crippen LogP contribution >= 0.6 is 0 Å². The molecule has 1 aliphatic rings. The van der Waals surface area contributed by atoms with Gasteiger partial charge in [-0.3, -0.25) is 14.8 Å². The van der Waals surface area contributed by atoms with Crippen molar-refractivity contribution in [2.24, 2.45) is 4.99 Å². The number of carbonyl (C=O) groups excluding carboxylic acids is 1. The van der Waals surface area contributed by atoms with Crippen LogP contribution in [0.15, 0.2) is 47.1 Å². The molecule has 0 bridgehead atoms. The molecule has 5 nitrogen and oxygen atoms in total. The van der Waals surface area contributed by atoms with Gasteiger partial charge < -0.3 is 5.11 Å². The molecular formula is C15H14N2O3. The summed E-state index contributed by atoms with van der Waals surface area (Å²) < 4.78 is 0. The molecule has 1 atom stereocenters. The number of rotatable bonds is 5. The molecule has 0 amide bonds. The monoisotopic (exact) mass is 270 g/mol. The van der Waals surface area contributed by atoms with Crippen LogP contribution in [0.5, 0.6) is 0 Å². The van der Waals surface area contributed by atoms with Crippen molar-refractivity contribution in [1.82, 2.24) is 4.98 Å². The molecule has 20 heavy (non-hydrogen) atoms. The lowest BCUT2D eigenvalue weighted by molar-refractivity contribution is -0.137. The van der Waals surface area contributed by atoms with Crippen LogP contribution in [0, 0.1) is 0 Å². The first-order valence-electron chi connectivity index (χ1n) is 6.18. The number of carbonyl (C=O) groups is 2. The number of allylic oxidation sites excluding steroid dienone is 4. The Balaban J connectivity index is 2.00. The third kappa shape index (κ3) is 3.71. The van der Waals surface area contributed by atoms with Gasteiger partial charge in [0.1, 0.15) is 6.04 Å². The van der Waals surface area contributed by atoms with Gasteiger partial charge in [-0.05, 0) is 42.7 Å². The molecule has 0 fully saturated rings. The molecule has 1 unspecified atom stereocenters. The lowest BCUT2D eigenvalue weighted by atomic mass is 10.1. The highest BCUT2D eigenvalue weighted by atomic mass is 16.4. The molecule has 0 aliphatic heterocycles. The number of carboxylic acid groups (broad SMARTS) is 1. The highest BCUT2D eigenvalue weighted by Crippen LogP contribution is 2.13. The Morgan fingerprint density at radius 3 is 2.80 bits per heavy atom. The molecule has 0 radical (unpaired) electrons. The van der Waals surface area contributed by atoms with Crippen LogP contribution in [0.4, 0.5) is 0 Å². The fourth-order valence-electron chi connectivity index (χ4n) is 1.68. The van der Waals surface area contributed by atoms with E-state index in [-0.39, 0.29) is 5.78 Å². The molecule has 1 N–H and O–H groups in total. The van der Waals surface area contributed by atoms with Crippen LogP contribution in [0.3, 0.4) is 0 Å². The van der Waals surface area contributed by atoms with Gasteiger partial charge in [0.25, 0.3) is 0 Å². The minimum absolute atomic E-state index is 0.0133. The molecule has 0 saturated carbocycles. The SMILES string of the molecule is CC(N=Cc1ccc(CC2=CC(=O)C=C2)cn1)C(=O)O. The van der Waals surface area contributed by atoms with Gasteiger partial charge in [0.15, 0.2) is 5.78 Å². The molecule has 0 aromatic carbocycles. The molecular weight excluding hydrogens is 256 g/mol. The van der Waals surface area contributed by atoms with Crippen LogP contribution in [0.1, 0.15) is 18.2 Å². The van der Waals surface area contributed by atoms with E-state index in [1.54, 1.807) is 24.4 Å². The number of hydrogen-bond donors (Lipinski definition) is 1. The zero-order valence-electron chi connectivity index (χ0n) is 11.0. The maximum Gasteiger partial charge on any atom is 0.328 e. The summed E-state index contributed by atoms with van der Waals surface area (Å²) >= 11 is 0. The number of nitrogens with zero attached hydrogens (tertiary/aromatic N) is 2. The number of aromatic nitrogens is 1. The highest BCUT2D eigenvalue weighted by molar-refractivity contribution is 6.03. The van der Waals surface area contributed by atoms with E-state index < -0.39 is 12.0 Å². The quantitative estimate of drug-likeness (QED) is 0.824. The van der Waals surface area contributed by atoms with Gasteiger partial charge in [-0.1, -0.05) is 12.1 Å². The summed E-state index contributed by atoms with van der Waals surface area (Å²) in [7, 11) is 0. The topological polar surface area (TPSA) is 79.6 Å². The van der Waals surface area contributed by atoms with Crippen molar-refractivity contribution in [2.75, 3.05) is 0 Å². The lowest BCUT2D eigenvalue weighted by Crippen LogP contribution is -2.13. The first-order chi connectivity index (χ1) is 9.54. The molecule has 5 heteroatoms. The summed E-state index contributed by atoms with van der Waals surface area (Å²) in [5.74, 6) is -0.957. The Kier molecular flexibility index (Phi) is 4.20. The van der Waals surface area contributed by atoms with Crippen molar-refractivity contribution in [3.63, 3.8) is 0 Å². The highest BCUT2D eigenvalue weighted by Gasteiger charge is 2.07. The molecule has 1 aromatic rings. The summed E-state index contributed by atoms with van der Waals surface area (Å²) in [6.07, 6.45) is 8.73. The average molecular weight is 270 g/mol. The Labute approximate surface area is 116 Å². The predicted octanol–water partition coefficient (Wildman–Crippen LogP) is 1.58. The van der Waals surface area contributed by atoms with Crippen molar-refractivity contribution in [3.05, 3.63) is 53.4 Å². The van der Waals surface area contributed by atoms with Gasteiger partial charge in [-0.25, -0.2) is 4.79 Å². The summed E-state index contributed by atoms with van der Waals surface area (Å²) in [4.78, 5) is 29.8. The number of aliphatic imine (C=N–C) groups is 1. The van der Waals surface area contributed by atoms with Crippen LogP contribution in [-0.2, 0) is 16.0 Å².